The molecule has 0 amide bonds. The third kappa shape index (κ3) is 3.71. The monoisotopic (exact) mass is 406 g/mol. The van der Waals surface area contributed by atoms with Crippen LogP contribution >= 0.6 is 11.8 Å². The maximum atomic E-state index is 13.6. The van der Waals surface area contributed by atoms with Crippen molar-refractivity contribution >= 4 is 34.4 Å². The molecular weight excluding hydrogens is 384 g/mol. The number of carbonyl (C=O) groups is 1. The fourth-order valence-electron chi connectivity index (χ4n) is 4.27. The SMILES string of the molecule is O=C(CC1(Sc2ccccc2)C=Cc2ccccc2C1)c1cccc2ccccc12. The maximum Gasteiger partial charge on any atom is 0.165 e. The van der Waals surface area contributed by atoms with Crippen LogP contribution in [0.2, 0.25) is 0 Å². The zero-order chi connectivity index (χ0) is 20.4. The zero-order valence-electron chi connectivity index (χ0n) is 16.6. The van der Waals surface area contributed by atoms with Crippen LogP contribution in [0.4, 0.5) is 0 Å². The Balaban J connectivity index is 1.53. The van der Waals surface area contributed by atoms with E-state index in [1.807, 2.05) is 36.4 Å². The van der Waals surface area contributed by atoms with Crippen LogP contribution in [0.25, 0.3) is 16.8 Å². The summed E-state index contributed by atoms with van der Waals surface area (Å²) in [5, 5.41) is 2.14. The van der Waals surface area contributed by atoms with Gasteiger partial charge < -0.3 is 0 Å². The van der Waals surface area contributed by atoms with Crippen molar-refractivity contribution in [3.05, 3.63) is 120 Å². The molecule has 1 aliphatic carbocycles. The first-order chi connectivity index (χ1) is 14.7. The second-order valence-electron chi connectivity index (χ2n) is 7.82. The number of fused-ring (bicyclic) bond motifs is 2. The molecule has 1 atom stereocenters. The van der Waals surface area contributed by atoms with Gasteiger partial charge in [-0.25, -0.2) is 0 Å². The number of Topliss-reactive ketones (excluding diaryl/α,β-unsaturated/α-hetero) is 1. The van der Waals surface area contributed by atoms with Gasteiger partial charge in [-0.05, 0) is 40.5 Å². The first-order valence-corrected chi connectivity index (χ1v) is 11.1. The molecule has 5 rings (SSSR count). The smallest absolute Gasteiger partial charge is 0.165 e. The molecule has 0 heterocycles. The van der Waals surface area contributed by atoms with Crippen molar-refractivity contribution in [2.75, 3.05) is 0 Å². The van der Waals surface area contributed by atoms with E-state index in [1.54, 1.807) is 11.8 Å². The topological polar surface area (TPSA) is 17.1 Å². The van der Waals surface area contributed by atoms with Gasteiger partial charge in [-0.3, -0.25) is 4.79 Å². The van der Waals surface area contributed by atoms with Gasteiger partial charge in [0.25, 0.3) is 0 Å². The van der Waals surface area contributed by atoms with Gasteiger partial charge in [0, 0.05) is 16.9 Å². The lowest BCUT2D eigenvalue weighted by Gasteiger charge is -2.33. The van der Waals surface area contributed by atoms with E-state index in [0.717, 1.165) is 22.8 Å². The normalized spacial score (nSPS) is 17.6. The first kappa shape index (κ1) is 18.9. The second kappa shape index (κ2) is 7.97. The number of benzene rings is 4. The third-order valence-electron chi connectivity index (χ3n) is 5.73. The van der Waals surface area contributed by atoms with Crippen LogP contribution in [0, 0.1) is 0 Å². The van der Waals surface area contributed by atoms with Gasteiger partial charge in [0.05, 0.1) is 4.75 Å². The van der Waals surface area contributed by atoms with Crippen LogP contribution in [0.3, 0.4) is 0 Å². The summed E-state index contributed by atoms with van der Waals surface area (Å²) in [6.07, 6.45) is 5.74. The molecule has 0 spiro atoms. The van der Waals surface area contributed by atoms with Crippen molar-refractivity contribution in [3.8, 4) is 0 Å². The van der Waals surface area contributed by atoms with Gasteiger partial charge in [-0.1, -0.05) is 97.1 Å². The average Bonchev–Trinajstić information content (AvgIpc) is 2.79. The fraction of sp³-hybridized carbons (Fsp3) is 0.107. The Morgan fingerprint density at radius 2 is 1.53 bits per heavy atom. The van der Waals surface area contributed by atoms with Crippen LogP contribution in [-0.2, 0) is 6.42 Å². The molecule has 0 saturated carbocycles. The second-order valence-corrected chi connectivity index (χ2v) is 9.30. The molecule has 1 nitrogen and oxygen atoms in total. The Hall–Kier alpha value is -3.10. The van der Waals surface area contributed by atoms with E-state index in [-0.39, 0.29) is 10.5 Å². The molecule has 1 unspecified atom stereocenters. The van der Waals surface area contributed by atoms with Crippen molar-refractivity contribution in [2.24, 2.45) is 0 Å². The Kier molecular flexibility index (Phi) is 5.02. The van der Waals surface area contributed by atoms with Crippen molar-refractivity contribution < 1.29 is 4.79 Å². The Morgan fingerprint density at radius 1 is 0.800 bits per heavy atom. The van der Waals surface area contributed by atoms with Crippen molar-refractivity contribution in [3.63, 3.8) is 0 Å². The molecule has 2 heteroatoms. The molecular formula is C28H22OS. The lowest BCUT2D eigenvalue weighted by atomic mass is 9.84. The van der Waals surface area contributed by atoms with E-state index in [1.165, 1.54) is 16.0 Å². The van der Waals surface area contributed by atoms with Crippen LogP contribution in [-0.4, -0.2) is 10.5 Å². The zero-order valence-corrected chi connectivity index (χ0v) is 17.4. The number of hydrogen-bond acceptors (Lipinski definition) is 2. The number of hydrogen-bond donors (Lipinski definition) is 0. The van der Waals surface area contributed by atoms with Crippen LogP contribution in [0.15, 0.2) is 108 Å². The lowest BCUT2D eigenvalue weighted by molar-refractivity contribution is 0.0976. The maximum absolute atomic E-state index is 13.6. The van der Waals surface area contributed by atoms with Crippen molar-refractivity contribution in [2.45, 2.75) is 22.5 Å². The lowest BCUT2D eigenvalue weighted by Crippen LogP contribution is -2.31. The molecule has 0 aliphatic heterocycles. The Morgan fingerprint density at radius 3 is 2.43 bits per heavy atom. The third-order valence-corrected chi connectivity index (χ3v) is 7.06. The van der Waals surface area contributed by atoms with Crippen LogP contribution < -0.4 is 0 Å². The minimum absolute atomic E-state index is 0.194. The largest absolute Gasteiger partial charge is 0.294 e. The molecule has 146 valence electrons. The molecule has 1 aliphatic rings. The summed E-state index contributed by atoms with van der Waals surface area (Å²) in [5.41, 5.74) is 3.36. The summed E-state index contributed by atoms with van der Waals surface area (Å²) in [5.74, 6) is 0.194. The van der Waals surface area contributed by atoms with Gasteiger partial charge in [-0.15, -0.1) is 11.8 Å². The molecule has 0 N–H and O–H groups in total. The van der Waals surface area contributed by atoms with E-state index in [4.69, 9.17) is 0 Å². The summed E-state index contributed by atoms with van der Waals surface area (Å²) in [4.78, 5) is 14.8. The number of thioether (sulfide) groups is 1. The summed E-state index contributed by atoms with van der Waals surface area (Å²) in [6, 6.07) is 33.0. The highest BCUT2D eigenvalue weighted by Gasteiger charge is 2.35. The van der Waals surface area contributed by atoms with E-state index in [2.05, 4.69) is 72.8 Å². The fourth-order valence-corrected chi connectivity index (χ4v) is 5.60. The quantitative estimate of drug-likeness (QED) is 0.326. The highest BCUT2D eigenvalue weighted by molar-refractivity contribution is 8.01. The number of ketones is 1. The minimum Gasteiger partial charge on any atom is -0.294 e. The van der Waals surface area contributed by atoms with E-state index < -0.39 is 0 Å². The van der Waals surface area contributed by atoms with Crippen molar-refractivity contribution in [1.82, 2.24) is 0 Å². The molecule has 0 aromatic heterocycles. The molecule has 0 bridgehead atoms. The van der Waals surface area contributed by atoms with Gasteiger partial charge in [0.15, 0.2) is 5.78 Å². The molecule has 30 heavy (non-hydrogen) atoms. The summed E-state index contributed by atoms with van der Waals surface area (Å²) >= 11 is 1.80. The van der Waals surface area contributed by atoms with Crippen LogP contribution in [0.5, 0.6) is 0 Å². The summed E-state index contributed by atoms with van der Waals surface area (Å²) in [6.45, 7) is 0. The average molecular weight is 407 g/mol. The summed E-state index contributed by atoms with van der Waals surface area (Å²) in [7, 11) is 0. The number of carbonyl (C=O) groups excluding carboxylic acids is 1. The molecule has 0 fully saturated rings. The predicted octanol–water partition coefficient (Wildman–Crippen LogP) is 7.21. The Labute approximate surface area is 181 Å². The van der Waals surface area contributed by atoms with Crippen LogP contribution in [0.1, 0.15) is 27.9 Å². The van der Waals surface area contributed by atoms with E-state index in [0.29, 0.717) is 6.42 Å². The summed E-state index contributed by atoms with van der Waals surface area (Å²) < 4.78 is -0.302. The minimum atomic E-state index is -0.302. The highest BCUT2D eigenvalue weighted by Crippen LogP contribution is 2.44. The van der Waals surface area contributed by atoms with Gasteiger partial charge in [0.2, 0.25) is 0 Å². The first-order valence-electron chi connectivity index (χ1n) is 10.2. The molecule has 0 saturated heterocycles. The van der Waals surface area contributed by atoms with Gasteiger partial charge in [0.1, 0.15) is 0 Å². The molecule has 4 aromatic rings. The van der Waals surface area contributed by atoms with Crippen molar-refractivity contribution in [1.29, 1.82) is 0 Å². The van der Waals surface area contributed by atoms with Gasteiger partial charge in [-0.2, -0.15) is 0 Å². The number of rotatable bonds is 5. The van der Waals surface area contributed by atoms with E-state index >= 15 is 0 Å². The predicted molar refractivity (Wildman–Crippen MR) is 127 cm³/mol. The standard InChI is InChI=1S/C28H22OS/c29-27(26-16-8-12-22-10-6-7-15-25(22)26)20-28(30-24-13-2-1-3-14-24)18-17-21-9-4-5-11-23(21)19-28/h1-18H,19-20H2. The Bertz CT molecular complexity index is 1240. The van der Waals surface area contributed by atoms with E-state index in [9.17, 15) is 4.79 Å². The molecule has 4 aromatic carbocycles. The molecule has 0 radical (unpaired) electrons. The highest BCUT2D eigenvalue weighted by atomic mass is 32.2. The van der Waals surface area contributed by atoms with Gasteiger partial charge >= 0.3 is 0 Å².